The van der Waals surface area contributed by atoms with Crippen LogP contribution in [0.2, 0.25) is 0 Å². The standard InChI is InChI=1S/C25H20F3NO4/c26-25(27,28)20-12-6-5-11-18(20)22(29)21(23(30)31)24(32)33-13-19-16-9-3-1-7-14(16)15-8-2-4-10-17(15)19/h1-12,19,21-22H,13,29H2,(H,30,31)/t21-,22?/m1/s1. The van der Waals surface area contributed by atoms with E-state index in [1.54, 1.807) is 0 Å². The van der Waals surface area contributed by atoms with Crippen LogP contribution in [0.3, 0.4) is 0 Å². The molecule has 0 bridgehead atoms. The van der Waals surface area contributed by atoms with Crippen molar-refractivity contribution in [3.8, 4) is 11.1 Å². The summed E-state index contributed by atoms with van der Waals surface area (Å²) in [7, 11) is 0. The topological polar surface area (TPSA) is 89.6 Å². The summed E-state index contributed by atoms with van der Waals surface area (Å²) in [6, 6.07) is 17.8. The molecule has 3 aromatic rings. The van der Waals surface area contributed by atoms with Gasteiger partial charge < -0.3 is 15.6 Å². The molecule has 1 aliphatic carbocycles. The number of ether oxygens (including phenoxy) is 1. The fourth-order valence-electron chi connectivity index (χ4n) is 4.32. The second-order valence-corrected chi connectivity index (χ2v) is 7.78. The molecule has 0 saturated carbocycles. The van der Waals surface area contributed by atoms with Gasteiger partial charge in [-0.1, -0.05) is 66.7 Å². The number of rotatable bonds is 6. The van der Waals surface area contributed by atoms with Gasteiger partial charge in [-0.2, -0.15) is 13.2 Å². The van der Waals surface area contributed by atoms with Crippen LogP contribution in [0.1, 0.15) is 34.2 Å². The first-order chi connectivity index (χ1) is 15.7. The van der Waals surface area contributed by atoms with E-state index in [0.29, 0.717) is 0 Å². The number of fused-ring (bicyclic) bond motifs is 3. The first kappa shape index (κ1) is 22.5. The molecule has 0 heterocycles. The largest absolute Gasteiger partial charge is 0.481 e. The summed E-state index contributed by atoms with van der Waals surface area (Å²) < 4.78 is 45.5. The van der Waals surface area contributed by atoms with Crippen LogP contribution in [0.4, 0.5) is 13.2 Å². The van der Waals surface area contributed by atoms with E-state index in [4.69, 9.17) is 10.5 Å². The van der Waals surface area contributed by atoms with E-state index >= 15 is 0 Å². The maximum atomic E-state index is 13.4. The molecule has 33 heavy (non-hydrogen) atoms. The summed E-state index contributed by atoms with van der Waals surface area (Å²) >= 11 is 0. The van der Waals surface area contributed by atoms with Crippen molar-refractivity contribution < 1.29 is 32.6 Å². The Bertz CT molecular complexity index is 1160. The Morgan fingerprint density at radius 3 is 1.97 bits per heavy atom. The number of carbonyl (C=O) groups is 2. The molecular formula is C25H20F3NO4. The molecule has 3 aromatic carbocycles. The maximum Gasteiger partial charge on any atom is 0.416 e. The predicted molar refractivity (Wildman–Crippen MR) is 114 cm³/mol. The number of aliphatic carboxylic acids is 1. The van der Waals surface area contributed by atoms with Crippen molar-refractivity contribution in [2.75, 3.05) is 6.61 Å². The summed E-state index contributed by atoms with van der Waals surface area (Å²) in [4.78, 5) is 24.6. The molecule has 0 fully saturated rings. The predicted octanol–water partition coefficient (Wildman–Crippen LogP) is 4.76. The Balaban J connectivity index is 1.58. The molecule has 0 radical (unpaired) electrons. The van der Waals surface area contributed by atoms with Crippen molar-refractivity contribution in [1.29, 1.82) is 0 Å². The van der Waals surface area contributed by atoms with Crippen molar-refractivity contribution in [3.63, 3.8) is 0 Å². The van der Waals surface area contributed by atoms with Crippen LogP contribution in [-0.4, -0.2) is 23.7 Å². The van der Waals surface area contributed by atoms with Gasteiger partial charge in [-0.25, -0.2) is 0 Å². The number of hydrogen-bond donors (Lipinski definition) is 2. The van der Waals surface area contributed by atoms with Crippen LogP contribution in [0.25, 0.3) is 11.1 Å². The molecule has 0 amide bonds. The van der Waals surface area contributed by atoms with Gasteiger partial charge in [-0.3, -0.25) is 9.59 Å². The molecule has 0 spiro atoms. The lowest BCUT2D eigenvalue weighted by Crippen LogP contribution is -2.37. The number of hydrogen-bond acceptors (Lipinski definition) is 4. The smallest absolute Gasteiger partial charge is 0.416 e. The zero-order valence-electron chi connectivity index (χ0n) is 17.3. The normalized spacial score (nSPS) is 14.8. The number of carboxylic acid groups (broad SMARTS) is 1. The first-order valence-electron chi connectivity index (χ1n) is 10.2. The fourth-order valence-corrected chi connectivity index (χ4v) is 4.32. The molecule has 1 unspecified atom stereocenters. The number of carbonyl (C=O) groups excluding carboxylic acids is 1. The van der Waals surface area contributed by atoms with E-state index in [1.807, 2.05) is 48.5 Å². The summed E-state index contributed by atoms with van der Waals surface area (Å²) in [6.45, 7) is -0.162. The van der Waals surface area contributed by atoms with E-state index in [9.17, 15) is 27.9 Å². The van der Waals surface area contributed by atoms with E-state index in [2.05, 4.69) is 0 Å². The summed E-state index contributed by atoms with van der Waals surface area (Å²) in [5, 5.41) is 9.61. The first-order valence-corrected chi connectivity index (χ1v) is 10.2. The molecule has 0 aliphatic heterocycles. The number of halogens is 3. The zero-order valence-corrected chi connectivity index (χ0v) is 17.3. The molecule has 4 rings (SSSR count). The van der Waals surface area contributed by atoms with Crippen LogP contribution in [-0.2, 0) is 20.5 Å². The fraction of sp³-hybridized carbons (Fsp3) is 0.200. The molecular weight excluding hydrogens is 435 g/mol. The molecule has 8 heteroatoms. The maximum absolute atomic E-state index is 13.4. The van der Waals surface area contributed by atoms with Crippen LogP contribution in [0.15, 0.2) is 72.8 Å². The van der Waals surface area contributed by atoms with Gasteiger partial charge in [0, 0.05) is 5.92 Å². The van der Waals surface area contributed by atoms with Gasteiger partial charge in [0.1, 0.15) is 6.61 Å². The second-order valence-electron chi connectivity index (χ2n) is 7.78. The quantitative estimate of drug-likeness (QED) is 0.413. The highest BCUT2D eigenvalue weighted by molar-refractivity contribution is 5.95. The lowest BCUT2D eigenvalue weighted by atomic mass is 9.90. The number of carboxylic acids is 1. The minimum absolute atomic E-state index is 0.162. The van der Waals surface area contributed by atoms with Gasteiger partial charge in [0.2, 0.25) is 0 Å². The Morgan fingerprint density at radius 1 is 0.909 bits per heavy atom. The number of alkyl halides is 3. The number of nitrogens with two attached hydrogens (primary N) is 1. The van der Waals surface area contributed by atoms with E-state index in [1.165, 1.54) is 12.1 Å². The van der Waals surface area contributed by atoms with Gasteiger partial charge in [-0.15, -0.1) is 0 Å². The lowest BCUT2D eigenvalue weighted by molar-refractivity contribution is -0.160. The Kier molecular flexibility index (Phi) is 5.95. The molecule has 0 aromatic heterocycles. The minimum Gasteiger partial charge on any atom is -0.481 e. The SMILES string of the molecule is NC(c1ccccc1C(F)(F)F)[C@H](C(=O)O)C(=O)OCC1c2ccccc2-c2ccccc21. The molecule has 3 N–H and O–H groups in total. The van der Waals surface area contributed by atoms with Crippen LogP contribution >= 0.6 is 0 Å². The molecule has 170 valence electrons. The van der Waals surface area contributed by atoms with Crippen LogP contribution in [0.5, 0.6) is 0 Å². The summed E-state index contributed by atoms with van der Waals surface area (Å²) in [6.07, 6.45) is -4.75. The Labute approximate surface area is 187 Å². The third-order valence-electron chi connectivity index (χ3n) is 5.86. The highest BCUT2D eigenvalue weighted by Gasteiger charge is 2.41. The Hall–Kier alpha value is -3.65. The van der Waals surface area contributed by atoms with Gasteiger partial charge in [0.25, 0.3) is 0 Å². The molecule has 2 atom stereocenters. The van der Waals surface area contributed by atoms with Crippen molar-refractivity contribution in [2.45, 2.75) is 18.1 Å². The number of benzene rings is 3. The number of esters is 1. The lowest BCUT2D eigenvalue weighted by Gasteiger charge is -2.23. The highest BCUT2D eigenvalue weighted by Crippen LogP contribution is 2.44. The molecule has 1 aliphatic rings. The van der Waals surface area contributed by atoms with Gasteiger partial charge in [0.05, 0.1) is 11.6 Å². The van der Waals surface area contributed by atoms with Crippen LogP contribution in [0, 0.1) is 5.92 Å². The average Bonchev–Trinajstić information content (AvgIpc) is 3.11. The van der Waals surface area contributed by atoms with E-state index in [-0.39, 0.29) is 12.5 Å². The average molecular weight is 455 g/mol. The zero-order chi connectivity index (χ0) is 23.8. The van der Waals surface area contributed by atoms with E-state index < -0.39 is 41.2 Å². The van der Waals surface area contributed by atoms with Crippen molar-refractivity contribution in [3.05, 3.63) is 95.1 Å². The van der Waals surface area contributed by atoms with Crippen molar-refractivity contribution in [1.82, 2.24) is 0 Å². The second kappa shape index (κ2) is 8.71. The third-order valence-corrected chi connectivity index (χ3v) is 5.86. The third kappa shape index (κ3) is 4.21. The van der Waals surface area contributed by atoms with E-state index in [0.717, 1.165) is 34.4 Å². The Morgan fingerprint density at radius 2 is 1.42 bits per heavy atom. The van der Waals surface area contributed by atoms with Gasteiger partial charge in [0.15, 0.2) is 5.92 Å². The van der Waals surface area contributed by atoms with Crippen LogP contribution < -0.4 is 5.73 Å². The van der Waals surface area contributed by atoms with Crippen molar-refractivity contribution in [2.24, 2.45) is 11.7 Å². The monoisotopic (exact) mass is 455 g/mol. The van der Waals surface area contributed by atoms with Crippen molar-refractivity contribution >= 4 is 11.9 Å². The minimum atomic E-state index is -4.75. The highest BCUT2D eigenvalue weighted by atomic mass is 19.4. The van der Waals surface area contributed by atoms with Gasteiger partial charge >= 0.3 is 18.1 Å². The van der Waals surface area contributed by atoms with Gasteiger partial charge in [-0.05, 0) is 33.9 Å². The summed E-state index contributed by atoms with van der Waals surface area (Å²) in [5.41, 5.74) is 8.14. The summed E-state index contributed by atoms with van der Waals surface area (Å²) in [5.74, 6) is -5.17. The molecule has 0 saturated heterocycles. The molecule has 5 nitrogen and oxygen atoms in total.